The first-order chi connectivity index (χ1) is 3.31. The molecule has 1 heteroatoms. The highest BCUT2D eigenvalue weighted by molar-refractivity contribution is 8.47. The van der Waals surface area contributed by atoms with Gasteiger partial charge in [-0.15, -0.1) is 6.58 Å². The maximum Gasteiger partial charge on any atom is -0.0184 e. The SMILES string of the molecule is C=CC[SH](C)(C)(C)C. The predicted molar refractivity (Wildman–Crippen MR) is 47.7 cm³/mol. The van der Waals surface area contributed by atoms with E-state index in [1.165, 1.54) is 5.75 Å². The molecule has 0 aromatic heterocycles. The van der Waals surface area contributed by atoms with Crippen molar-refractivity contribution >= 4 is 9.16 Å². The van der Waals surface area contributed by atoms with Crippen molar-refractivity contribution in [2.45, 2.75) is 0 Å². The van der Waals surface area contributed by atoms with Crippen LogP contribution in [0.5, 0.6) is 0 Å². The van der Waals surface area contributed by atoms with Crippen LogP contribution in [0.1, 0.15) is 0 Å². The van der Waals surface area contributed by atoms with Gasteiger partial charge in [0.15, 0.2) is 0 Å². The summed E-state index contributed by atoms with van der Waals surface area (Å²) >= 11 is 0. The van der Waals surface area contributed by atoms with E-state index in [1.54, 1.807) is 0 Å². The first-order valence-corrected chi connectivity index (χ1v) is 7.13. The van der Waals surface area contributed by atoms with Crippen molar-refractivity contribution in [3.8, 4) is 0 Å². The van der Waals surface area contributed by atoms with Crippen LogP contribution in [-0.2, 0) is 0 Å². The summed E-state index contributed by atoms with van der Waals surface area (Å²) in [6, 6.07) is 0. The monoisotopic (exact) mass is 134 g/mol. The van der Waals surface area contributed by atoms with Crippen LogP contribution in [0.15, 0.2) is 12.7 Å². The molecule has 0 atom stereocenters. The summed E-state index contributed by atoms with van der Waals surface area (Å²) in [5.41, 5.74) is 0. The van der Waals surface area contributed by atoms with Crippen molar-refractivity contribution in [2.75, 3.05) is 30.8 Å². The molecule has 0 aromatic carbocycles. The van der Waals surface area contributed by atoms with E-state index in [4.69, 9.17) is 0 Å². The molecule has 52 valence electrons. The molecule has 0 aromatic rings. The predicted octanol–water partition coefficient (Wildman–Crippen LogP) is 1.76. The Labute approximate surface area is 53.3 Å². The van der Waals surface area contributed by atoms with Crippen molar-refractivity contribution in [1.29, 1.82) is 0 Å². The van der Waals surface area contributed by atoms with E-state index in [0.717, 1.165) is 0 Å². The molecular formula is C7H18S. The van der Waals surface area contributed by atoms with Crippen LogP contribution >= 0.6 is 9.16 Å². The molecule has 0 amide bonds. The van der Waals surface area contributed by atoms with Gasteiger partial charge < -0.3 is 0 Å². The summed E-state index contributed by atoms with van der Waals surface area (Å²) in [5.74, 6) is 1.20. The highest BCUT2D eigenvalue weighted by atomic mass is 32.3. The van der Waals surface area contributed by atoms with E-state index in [1.807, 2.05) is 6.08 Å². The molecule has 0 nitrogen and oxygen atoms in total. The van der Waals surface area contributed by atoms with Gasteiger partial charge in [0.2, 0.25) is 0 Å². The molecule has 0 fully saturated rings. The Morgan fingerprint density at radius 2 is 1.62 bits per heavy atom. The Bertz CT molecular complexity index is 85.4. The van der Waals surface area contributed by atoms with Crippen LogP contribution in [0.25, 0.3) is 0 Å². The molecule has 0 spiro atoms. The van der Waals surface area contributed by atoms with Gasteiger partial charge in [-0.2, -0.15) is 0 Å². The molecule has 0 aliphatic heterocycles. The lowest BCUT2D eigenvalue weighted by Crippen LogP contribution is -2.12. The second-order valence-electron chi connectivity index (χ2n) is 4.42. The summed E-state index contributed by atoms with van der Waals surface area (Å²) in [6.45, 7) is 3.72. The van der Waals surface area contributed by atoms with Gasteiger partial charge in [0.05, 0.1) is 0 Å². The molecule has 0 saturated carbocycles. The van der Waals surface area contributed by atoms with Gasteiger partial charge in [0.1, 0.15) is 0 Å². The summed E-state index contributed by atoms with van der Waals surface area (Å²) < 4.78 is 0. The minimum Gasteiger partial charge on any atom is -0.289 e. The van der Waals surface area contributed by atoms with Crippen LogP contribution in [0.3, 0.4) is 0 Å². The molecule has 0 unspecified atom stereocenters. The molecule has 0 heterocycles. The normalized spacial score (nSPS) is 16.8. The number of thiol groups is 1. The zero-order chi connectivity index (χ0) is 6.86. The first-order valence-electron chi connectivity index (χ1n) is 2.92. The van der Waals surface area contributed by atoms with Crippen molar-refractivity contribution in [3.63, 3.8) is 0 Å². The van der Waals surface area contributed by atoms with Crippen molar-refractivity contribution in [2.24, 2.45) is 0 Å². The third-order valence-electron chi connectivity index (χ3n) is 0.859. The number of hydrogen-bond donors (Lipinski definition) is 1. The fourth-order valence-electron chi connectivity index (χ4n) is 0.516. The number of hydrogen-bond acceptors (Lipinski definition) is 0. The molecule has 0 aliphatic rings. The first kappa shape index (κ1) is 8.09. The van der Waals surface area contributed by atoms with Crippen LogP contribution in [0.2, 0.25) is 0 Å². The zero-order valence-electron chi connectivity index (χ0n) is 6.44. The quantitative estimate of drug-likeness (QED) is 0.432. The lowest BCUT2D eigenvalue weighted by Gasteiger charge is -2.45. The maximum absolute atomic E-state index is 3.72. The van der Waals surface area contributed by atoms with E-state index >= 15 is 0 Å². The maximum atomic E-state index is 3.72. The molecule has 0 rings (SSSR count). The average Bonchev–Trinajstić information content (AvgIpc) is 1.25. The lowest BCUT2D eigenvalue weighted by molar-refractivity contribution is 1.67. The molecule has 0 N–H and O–H groups in total. The summed E-state index contributed by atoms with van der Waals surface area (Å²) in [6.07, 6.45) is 11.4. The highest BCUT2D eigenvalue weighted by Gasteiger charge is 2.14. The Balaban J connectivity index is 3.91. The molecule has 0 aliphatic carbocycles. The van der Waals surface area contributed by atoms with Crippen molar-refractivity contribution in [3.05, 3.63) is 12.7 Å². The topological polar surface area (TPSA) is 0 Å². The summed E-state index contributed by atoms with van der Waals surface area (Å²) in [5, 5.41) is 0. The van der Waals surface area contributed by atoms with Crippen LogP contribution in [-0.4, -0.2) is 30.8 Å². The lowest BCUT2D eigenvalue weighted by atomic mass is 10.8. The Hall–Kier alpha value is 0.0900. The van der Waals surface area contributed by atoms with Gasteiger partial charge >= 0.3 is 0 Å². The second kappa shape index (κ2) is 1.80. The van der Waals surface area contributed by atoms with E-state index < -0.39 is 9.16 Å². The van der Waals surface area contributed by atoms with Gasteiger partial charge in [0.25, 0.3) is 0 Å². The molecule has 0 radical (unpaired) electrons. The molecule has 8 heavy (non-hydrogen) atoms. The van der Waals surface area contributed by atoms with Crippen LogP contribution in [0.4, 0.5) is 0 Å². The van der Waals surface area contributed by atoms with Gasteiger partial charge in [-0.1, -0.05) is 6.08 Å². The Morgan fingerprint density at radius 3 is 1.62 bits per heavy atom. The van der Waals surface area contributed by atoms with Crippen molar-refractivity contribution < 1.29 is 0 Å². The van der Waals surface area contributed by atoms with E-state index in [-0.39, 0.29) is 0 Å². The average molecular weight is 134 g/mol. The largest absolute Gasteiger partial charge is 0.289 e. The number of rotatable bonds is 2. The third-order valence-corrected chi connectivity index (χ3v) is 2.58. The third kappa shape index (κ3) is 6.09. The smallest absolute Gasteiger partial charge is 0.0184 e. The Morgan fingerprint density at radius 1 is 1.25 bits per heavy atom. The summed E-state index contributed by atoms with van der Waals surface area (Å²) in [7, 11) is -1.22. The van der Waals surface area contributed by atoms with Gasteiger partial charge in [0, 0.05) is 0 Å². The Kier molecular flexibility index (Phi) is 1.82. The highest BCUT2D eigenvalue weighted by Crippen LogP contribution is 2.54. The molecule has 0 saturated heterocycles. The second-order valence-corrected chi connectivity index (χ2v) is 12.7. The summed E-state index contributed by atoms with van der Waals surface area (Å²) in [4.78, 5) is 0. The van der Waals surface area contributed by atoms with E-state index in [0.29, 0.717) is 0 Å². The van der Waals surface area contributed by atoms with Crippen LogP contribution < -0.4 is 0 Å². The molecule has 0 bridgehead atoms. The fraction of sp³-hybridized carbons (Fsp3) is 0.714. The van der Waals surface area contributed by atoms with Crippen LogP contribution in [0, 0.1) is 0 Å². The van der Waals surface area contributed by atoms with Crippen molar-refractivity contribution in [1.82, 2.24) is 0 Å². The van der Waals surface area contributed by atoms with Gasteiger partial charge in [-0.25, -0.2) is 0 Å². The minimum atomic E-state index is -1.22. The standard InChI is InChI=1S/C7H18S/c1-6-7-8(2,3,4)5/h6,8H,1,7H2,2-5H3. The minimum absolute atomic E-state index is 1.20. The fourth-order valence-corrected chi connectivity index (χ4v) is 1.55. The van der Waals surface area contributed by atoms with E-state index in [2.05, 4.69) is 31.6 Å². The van der Waals surface area contributed by atoms with Gasteiger partial charge in [-0.05, 0) is 30.8 Å². The zero-order valence-corrected chi connectivity index (χ0v) is 7.33. The van der Waals surface area contributed by atoms with Gasteiger partial charge in [-0.3, -0.25) is 9.16 Å². The molecular weight excluding hydrogens is 116 g/mol. The van der Waals surface area contributed by atoms with E-state index in [9.17, 15) is 0 Å².